The standard InChI is InChI=1S/C12H14N4OS/c1-8-7-18-11(16-8)2-3-15-12(17)9-4-10(13)6-14-5-9/h4-7H,2-3,13H2,1H3,(H,15,17). The number of nitrogens with zero attached hydrogens (tertiary/aromatic N) is 2. The maximum atomic E-state index is 11.8. The van der Waals surface area contributed by atoms with Crippen molar-refractivity contribution < 1.29 is 4.79 Å². The van der Waals surface area contributed by atoms with E-state index in [0.717, 1.165) is 17.1 Å². The third-order valence-electron chi connectivity index (χ3n) is 2.31. The number of thiazole rings is 1. The predicted molar refractivity (Wildman–Crippen MR) is 71.5 cm³/mol. The predicted octanol–water partition coefficient (Wildman–Crippen LogP) is 1.40. The summed E-state index contributed by atoms with van der Waals surface area (Å²) in [6, 6.07) is 1.61. The van der Waals surface area contributed by atoms with Crippen molar-refractivity contribution >= 4 is 22.9 Å². The molecule has 2 aromatic heterocycles. The number of hydrogen-bond acceptors (Lipinski definition) is 5. The van der Waals surface area contributed by atoms with Crippen LogP contribution in [0.2, 0.25) is 0 Å². The van der Waals surface area contributed by atoms with Gasteiger partial charge in [0.25, 0.3) is 5.91 Å². The third kappa shape index (κ3) is 3.27. The first-order valence-corrected chi connectivity index (χ1v) is 6.43. The van der Waals surface area contributed by atoms with Crippen LogP contribution in [0.3, 0.4) is 0 Å². The van der Waals surface area contributed by atoms with Crippen molar-refractivity contribution in [3.63, 3.8) is 0 Å². The SMILES string of the molecule is Cc1csc(CCNC(=O)c2cncc(N)c2)n1. The number of amides is 1. The number of nitrogen functional groups attached to an aromatic ring is 1. The summed E-state index contributed by atoms with van der Waals surface area (Å²) in [5.74, 6) is -0.164. The van der Waals surface area contributed by atoms with Crippen LogP contribution in [0, 0.1) is 6.92 Å². The molecule has 2 heterocycles. The maximum Gasteiger partial charge on any atom is 0.252 e. The van der Waals surface area contributed by atoms with Gasteiger partial charge in [-0.3, -0.25) is 9.78 Å². The van der Waals surface area contributed by atoms with Crippen LogP contribution < -0.4 is 11.1 Å². The van der Waals surface area contributed by atoms with Gasteiger partial charge in [0, 0.05) is 36.4 Å². The second-order valence-electron chi connectivity index (χ2n) is 3.90. The van der Waals surface area contributed by atoms with Gasteiger partial charge >= 0.3 is 0 Å². The van der Waals surface area contributed by atoms with Crippen LogP contribution >= 0.6 is 11.3 Å². The van der Waals surface area contributed by atoms with Crippen LogP contribution in [-0.2, 0) is 6.42 Å². The van der Waals surface area contributed by atoms with E-state index in [1.54, 1.807) is 17.4 Å². The molecule has 0 aliphatic carbocycles. The molecule has 0 unspecified atom stereocenters. The topological polar surface area (TPSA) is 80.9 Å². The molecule has 0 aliphatic rings. The zero-order valence-electron chi connectivity index (χ0n) is 10.0. The number of carbonyl (C=O) groups is 1. The Balaban J connectivity index is 1.85. The quantitative estimate of drug-likeness (QED) is 0.872. The number of pyridine rings is 1. The molecule has 2 aromatic rings. The second kappa shape index (κ2) is 5.59. The fourth-order valence-electron chi connectivity index (χ4n) is 1.48. The highest BCUT2D eigenvalue weighted by Crippen LogP contribution is 2.09. The van der Waals surface area contributed by atoms with Crippen LogP contribution in [0.15, 0.2) is 23.8 Å². The monoisotopic (exact) mass is 262 g/mol. The highest BCUT2D eigenvalue weighted by molar-refractivity contribution is 7.09. The van der Waals surface area contributed by atoms with Crippen molar-refractivity contribution in [2.45, 2.75) is 13.3 Å². The van der Waals surface area contributed by atoms with E-state index >= 15 is 0 Å². The van der Waals surface area contributed by atoms with Gasteiger partial charge in [-0.25, -0.2) is 4.98 Å². The van der Waals surface area contributed by atoms with Crippen LogP contribution in [0.5, 0.6) is 0 Å². The minimum atomic E-state index is -0.164. The molecule has 0 aromatic carbocycles. The number of rotatable bonds is 4. The highest BCUT2D eigenvalue weighted by atomic mass is 32.1. The molecule has 0 saturated heterocycles. The fourth-order valence-corrected chi connectivity index (χ4v) is 2.26. The van der Waals surface area contributed by atoms with Crippen LogP contribution in [0.1, 0.15) is 21.1 Å². The van der Waals surface area contributed by atoms with Gasteiger partial charge in [0.15, 0.2) is 0 Å². The molecule has 0 fully saturated rings. The normalized spacial score (nSPS) is 10.3. The van der Waals surface area contributed by atoms with E-state index in [0.29, 0.717) is 17.8 Å². The molecule has 0 radical (unpaired) electrons. The van der Waals surface area contributed by atoms with Crippen LogP contribution in [-0.4, -0.2) is 22.4 Å². The first-order chi connectivity index (χ1) is 8.65. The van der Waals surface area contributed by atoms with E-state index in [4.69, 9.17) is 5.73 Å². The molecular formula is C12H14N4OS. The first kappa shape index (κ1) is 12.5. The van der Waals surface area contributed by atoms with Crippen molar-refractivity contribution in [3.8, 4) is 0 Å². The van der Waals surface area contributed by atoms with E-state index in [-0.39, 0.29) is 5.91 Å². The van der Waals surface area contributed by atoms with Gasteiger partial charge in [0.05, 0.1) is 16.3 Å². The van der Waals surface area contributed by atoms with E-state index in [9.17, 15) is 4.79 Å². The number of aromatic nitrogens is 2. The van der Waals surface area contributed by atoms with Gasteiger partial charge < -0.3 is 11.1 Å². The lowest BCUT2D eigenvalue weighted by Gasteiger charge is -2.04. The smallest absolute Gasteiger partial charge is 0.252 e. The van der Waals surface area contributed by atoms with E-state index in [1.165, 1.54) is 12.4 Å². The summed E-state index contributed by atoms with van der Waals surface area (Å²) >= 11 is 1.60. The maximum absolute atomic E-state index is 11.8. The van der Waals surface area contributed by atoms with Gasteiger partial charge in [-0.15, -0.1) is 11.3 Å². The molecule has 2 rings (SSSR count). The van der Waals surface area contributed by atoms with Crippen molar-refractivity contribution in [3.05, 3.63) is 40.1 Å². The van der Waals surface area contributed by atoms with Crippen molar-refractivity contribution in [1.82, 2.24) is 15.3 Å². The molecule has 3 N–H and O–H groups in total. The Labute approximate surface area is 109 Å². The zero-order valence-corrected chi connectivity index (χ0v) is 10.8. The summed E-state index contributed by atoms with van der Waals surface area (Å²) in [5, 5.41) is 5.84. The molecule has 0 bridgehead atoms. The summed E-state index contributed by atoms with van der Waals surface area (Å²) in [6.07, 6.45) is 3.74. The highest BCUT2D eigenvalue weighted by Gasteiger charge is 2.06. The lowest BCUT2D eigenvalue weighted by atomic mass is 10.2. The Kier molecular flexibility index (Phi) is 3.88. The minimum absolute atomic E-state index is 0.164. The second-order valence-corrected chi connectivity index (χ2v) is 4.84. The van der Waals surface area contributed by atoms with Gasteiger partial charge in [-0.1, -0.05) is 0 Å². The Hall–Kier alpha value is -1.95. The third-order valence-corrected chi connectivity index (χ3v) is 3.34. The molecule has 6 heteroatoms. The molecule has 0 atom stereocenters. The van der Waals surface area contributed by atoms with E-state index < -0.39 is 0 Å². The van der Waals surface area contributed by atoms with Gasteiger partial charge in [-0.2, -0.15) is 0 Å². The Morgan fingerprint density at radius 1 is 1.50 bits per heavy atom. The minimum Gasteiger partial charge on any atom is -0.397 e. The molecule has 1 amide bonds. The zero-order chi connectivity index (χ0) is 13.0. The fraction of sp³-hybridized carbons (Fsp3) is 0.250. The molecular weight excluding hydrogens is 248 g/mol. The molecule has 0 aliphatic heterocycles. The van der Waals surface area contributed by atoms with Gasteiger partial charge in [0.2, 0.25) is 0 Å². The van der Waals surface area contributed by atoms with Crippen molar-refractivity contribution in [1.29, 1.82) is 0 Å². The Morgan fingerprint density at radius 2 is 2.33 bits per heavy atom. The summed E-state index contributed by atoms with van der Waals surface area (Å²) in [6.45, 7) is 2.51. The number of hydrogen-bond donors (Lipinski definition) is 2. The molecule has 5 nitrogen and oxygen atoms in total. The lowest BCUT2D eigenvalue weighted by Crippen LogP contribution is -2.25. The first-order valence-electron chi connectivity index (χ1n) is 5.55. The van der Waals surface area contributed by atoms with E-state index in [1.807, 2.05) is 12.3 Å². The summed E-state index contributed by atoms with van der Waals surface area (Å²) in [4.78, 5) is 20.0. The van der Waals surface area contributed by atoms with Crippen LogP contribution in [0.4, 0.5) is 5.69 Å². The largest absolute Gasteiger partial charge is 0.397 e. The van der Waals surface area contributed by atoms with Gasteiger partial charge in [0.1, 0.15) is 0 Å². The number of nitrogens with two attached hydrogens (primary N) is 1. The Bertz CT molecular complexity index is 553. The number of aryl methyl sites for hydroxylation is 1. The summed E-state index contributed by atoms with van der Waals surface area (Å²) in [5.41, 5.74) is 7.54. The van der Waals surface area contributed by atoms with Crippen molar-refractivity contribution in [2.24, 2.45) is 0 Å². The Morgan fingerprint density at radius 3 is 3.00 bits per heavy atom. The van der Waals surface area contributed by atoms with E-state index in [2.05, 4.69) is 15.3 Å². The van der Waals surface area contributed by atoms with Gasteiger partial charge in [-0.05, 0) is 13.0 Å². The molecule has 0 spiro atoms. The average Bonchev–Trinajstić information content (AvgIpc) is 2.75. The number of anilines is 1. The number of carbonyl (C=O) groups excluding carboxylic acids is 1. The van der Waals surface area contributed by atoms with Crippen molar-refractivity contribution in [2.75, 3.05) is 12.3 Å². The molecule has 0 saturated carbocycles. The number of nitrogens with one attached hydrogen (secondary N) is 1. The van der Waals surface area contributed by atoms with Crippen LogP contribution in [0.25, 0.3) is 0 Å². The summed E-state index contributed by atoms with van der Waals surface area (Å²) in [7, 11) is 0. The summed E-state index contributed by atoms with van der Waals surface area (Å²) < 4.78 is 0. The molecule has 18 heavy (non-hydrogen) atoms. The molecule has 94 valence electrons. The average molecular weight is 262 g/mol. The lowest BCUT2D eigenvalue weighted by molar-refractivity contribution is 0.0954.